The Hall–Kier alpha value is -1.72. The molecule has 0 amide bonds. The second-order valence-electron chi connectivity index (χ2n) is 12.9. The number of carbonyl (C=O) groups excluding carboxylic acids is 2. The number of aliphatic hydroxyl groups excluding tert-OH is 1. The van der Waals surface area contributed by atoms with Crippen LogP contribution < -0.4 is 0 Å². The van der Waals surface area contributed by atoms with Crippen molar-refractivity contribution in [2.75, 3.05) is 32.8 Å². The van der Waals surface area contributed by atoms with Gasteiger partial charge in [0.2, 0.25) is 0 Å². The Morgan fingerprint density at radius 3 is 1.84 bits per heavy atom. The zero-order chi connectivity index (χ0) is 31.9. The van der Waals surface area contributed by atoms with Crippen molar-refractivity contribution in [3.05, 3.63) is 35.4 Å². The molecule has 1 aromatic rings. The van der Waals surface area contributed by atoms with E-state index in [1.807, 2.05) is 0 Å². The summed E-state index contributed by atoms with van der Waals surface area (Å²) in [5.74, 6) is 0.332. The summed E-state index contributed by atoms with van der Waals surface area (Å²) in [7, 11) is 0. The van der Waals surface area contributed by atoms with E-state index in [9.17, 15) is 14.7 Å². The number of ketones is 1. The second-order valence-corrected chi connectivity index (χ2v) is 12.9. The fraction of sp³-hybridized carbons (Fsp3) is 0.795. The number of carbonyl (C=O) groups is 2. The monoisotopic (exact) mass is 616 g/mol. The van der Waals surface area contributed by atoms with Gasteiger partial charge in [0.25, 0.3) is 0 Å². The molecule has 1 rings (SSSR count). The van der Waals surface area contributed by atoms with E-state index in [4.69, 9.17) is 4.74 Å². The van der Waals surface area contributed by atoms with Crippen LogP contribution in [0.5, 0.6) is 0 Å². The summed E-state index contributed by atoms with van der Waals surface area (Å²) in [6, 6.07) is 8.61. The van der Waals surface area contributed by atoms with Crippen molar-refractivity contribution in [1.29, 1.82) is 0 Å². The molecule has 1 N–H and O–H groups in total. The number of nitrogens with zero attached hydrogens (tertiary/aromatic N) is 1. The molecule has 44 heavy (non-hydrogen) atoms. The van der Waals surface area contributed by atoms with Crippen LogP contribution in [-0.2, 0) is 27.2 Å². The number of aryl methyl sites for hydroxylation is 1. The standard InChI is InChI=1S/C39H69NO4/c1-3-5-7-8-9-16-22-33-44-39(43)28-19-13-11-15-21-30-40(31-32-41)29-20-14-10-12-18-27-38(42)35-37-26-23-25-36(34-37)24-17-6-4-2/h23,25-26,34,41H,3-22,24,27-33,35H2,1-2H3. The fourth-order valence-electron chi connectivity index (χ4n) is 5.91. The number of rotatable bonds is 32. The molecule has 0 aliphatic carbocycles. The van der Waals surface area contributed by atoms with Gasteiger partial charge in [-0.05, 0) is 69.2 Å². The Morgan fingerprint density at radius 1 is 0.636 bits per heavy atom. The number of unbranched alkanes of at least 4 members (excludes halogenated alkanes) is 16. The summed E-state index contributed by atoms with van der Waals surface area (Å²) >= 11 is 0. The first kappa shape index (κ1) is 40.3. The van der Waals surface area contributed by atoms with Crippen LogP contribution in [-0.4, -0.2) is 54.6 Å². The molecule has 0 radical (unpaired) electrons. The summed E-state index contributed by atoms with van der Waals surface area (Å²) in [6.07, 6.45) is 26.4. The normalized spacial score (nSPS) is 11.4. The van der Waals surface area contributed by atoms with E-state index in [0.717, 1.165) is 77.4 Å². The summed E-state index contributed by atoms with van der Waals surface area (Å²) in [5, 5.41) is 9.47. The first-order valence-corrected chi connectivity index (χ1v) is 18.7. The highest BCUT2D eigenvalue weighted by Crippen LogP contribution is 2.14. The quantitative estimate of drug-likeness (QED) is 0.0645. The number of esters is 1. The van der Waals surface area contributed by atoms with Gasteiger partial charge in [0, 0.05) is 25.8 Å². The largest absolute Gasteiger partial charge is 0.466 e. The number of ether oxygens (including phenoxy) is 1. The van der Waals surface area contributed by atoms with Gasteiger partial charge in [-0.3, -0.25) is 9.59 Å². The van der Waals surface area contributed by atoms with Gasteiger partial charge in [-0.15, -0.1) is 0 Å². The smallest absolute Gasteiger partial charge is 0.305 e. The van der Waals surface area contributed by atoms with E-state index in [1.165, 1.54) is 88.2 Å². The minimum Gasteiger partial charge on any atom is -0.466 e. The van der Waals surface area contributed by atoms with E-state index in [-0.39, 0.29) is 12.6 Å². The molecule has 0 aliphatic heterocycles. The maximum absolute atomic E-state index is 12.5. The summed E-state index contributed by atoms with van der Waals surface area (Å²) in [5.41, 5.74) is 2.53. The topological polar surface area (TPSA) is 66.8 Å². The van der Waals surface area contributed by atoms with E-state index < -0.39 is 0 Å². The molecular formula is C39H69NO4. The van der Waals surface area contributed by atoms with Gasteiger partial charge in [-0.2, -0.15) is 0 Å². The first-order valence-electron chi connectivity index (χ1n) is 18.7. The summed E-state index contributed by atoms with van der Waals surface area (Å²) < 4.78 is 5.39. The third-order valence-corrected chi connectivity index (χ3v) is 8.67. The van der Waals surface area contributed by atoms with Gasteiger partial charge < -0.3 is 14.7 Å². The lowest BCUT2D eigenvalue weighted by Crippen LogP contribution is -2.29. The highest BCUT2D eigenvalue weighted by atomic mass is 16.5. The number of hydrogen-bond donors (Lipinski definition) is 1. The highest BCUT2D eigenvalue weighted by Gasteiger charge is 2.07. The van der Waals surface area contributed by atoms with Gasteiger partial charge in [0.15, 0.2) is 0 Å². The maximum Gasteiger partial charge on any atom is 0.305 e. The number of hydrogen-bond acceptors (Lipinski definition) is 5. The number of benzene rings is 1. The molecular weight excluding hydrogens is 546 g/mol. The van der Waals surface area contributed by atoms with Crippen LogP contribution in [0.4, 0.5) is 0 Å². The number of Topliss-reactive ketones (excluding diaryl/α,β-unsaturated/α-hetero) is 1. The van der Waals surface area contributed by atoms with Crippen molar-refractivity contribution in [2.24, 2.45) is 0 Å². The van der Waals surface area contributed by atoms with E-state index in [2.05, 4.69) is 43.0 Å². The Balaban J connectivity index is 1.99. The zero-order valence-electron chi connectivity index (χ0n) is 28.9. The predicted octanol–water partition coefficient (Wildman–Crippen LogP) is 9.80. The Bertz CT molecular complexity index is 811. The molecule has 0 fully saturated rings. The van der Waals surface area contributed by atoms with Crippen molar-refractivity contribution in [3.8, 4) is 0 Å². The average molecular weight is 616 g/mol. The molecule has 0 atom stereocenters. The minimum absolute atomic E-state index is 0.0320. The fourth-order valence-corrected chi connectivity index (χ4v) is 5.91. The molecule has 0 saturated carbocycles. The van der Waals surface area contributed by atoms with Crippen LogP contribution in [0.25, 0.3) is 0 Å². The van der Waals surface area contributed by atoms with E-state index in [0.29, 0.717) is 31.7 Å². The van der Waals surface area contributed by atoms with Gasteiger partial charge in [-0.25, -0.2) is 0 Å². The third kappa shape index (κ3) is 24.6. The molecule has 0 bridgehead atoms. The lowest BCUT2D eigenvalue weighted by Gasteiger charge is -2.21. The summed E-state index contributed by atoms with van der Waals surface area (Å²) in [4.78, 5) is 26.8. The molecule has 1 aromatic carbocycles. The SMILES string of the molecule is CCCCCCCCCOC(=O)CCCCCCCN(CCO)CCCCCCCC(=O)Cc1cccc(CCCCC)c1. The molecule has 0 unspecified atom stereocenters. The predicted molar refractivity (Wildman–Crippen MR) is 186 cm³/mol. The van der Waals surface area contributed by atoms with Gasteiger partial charge >= 0.3 is 5.97 Å². The Kier molecular flexibility index (Phi) is 27.4. The van der Waals surface area contributed by atoms with Crippen molar-refractivity contribution >= 4 is 11.8 Å². The van der Waals surface area contributed by atoms with Crippen LogP contribution in [0.15, 0.2) is 24.3 Å². The van der Waals surface area contributed by atoms with Gasteiger partial charge in [0.1, 0.15) is 5.78 Å². The molecule has 254 valence electrons. The average Bonchev–Trinajstić information content (AvgIpc) is 3.01. The van der Waals surface area contributed by atoms with Gasteiger partial charge in [-0.1, -0.05) is 128 Å². The first-order chi connectivity index (χ1) is 21.6. The van der Waals surface area contributed by atoms with Crippen LogP contribution in [0.1, 0.15) is 166 Å². The molecule has 5 heteroatoms. The van der Waals surface area contributed by atoms with Crippen LogP contribution in [0, 0.1) is 0 Å². The van der Waals surface area contributed by atoms with Crippen LogP contribution in [0.2, 0.25) is 0 Å². The van der Waals surface area contributed by atoms with Crippen molar-refractivity contribution in [3.63, 3.8) is 0 Å². The van der Waals surface area contributed by atoms with Crippen molar-refractivity contribution in [1.82, 2.24) is 4.90 Å². The third-order valence-electron chi connectivity index (χ3n) is 8.67. The van der Waals surface area contributed by atoms with Crippen molar-refractivity contribution < 1.29 is 19.4 Å². The lowest BCUT2D eigenvalue weighted by atomic mass is 10.00. The number of aliphatic hydroxyl groups is 1. The Labute approximate surface area is 271 Å². The Morgan fingerprint density at radius 2 is 1.18 bits per heavy atom. The highest BCUT2D eigenvalue weighted by molar-refractivity contribution is 5.80. The molecule has 5 nitrogen and oxygen atoms in total. The van der Waals surface area contributed by atoms with Crippen LogP contribution >= 0.6 is 0 Å². The van der Waals surface area contributed by atoms with E-state index in [1.54, 1.807) is 0 Å². The lowest BCUT2D eigenvalue weighted by molar-refractivity contribution is -0.143. The second kappa shape index (κ2) is 30.0. The van der Waals surface area contributed by atoms with Crippen molar-refractivity contribution in [2.45, 2.75) is 168 Å². The summed E-state index contributed by atoms with van der Waals surface area (Å²) in [6.45, 7) is 8.09. The molecule has 0 aliphatic rings. The zero-order valence-corrected chi connectivity index (χ0v) is 28.9. The molecule has 0 spiro atoms. The minimum atomic E-state index is -0.0320. The molecule has 0 heterocycles. The molecule has 0 saturated heterocycles. The van der Waals surface area contributed by atoms with E-state index >= 15 is 0 Å². The van der Waals surface area contributed by atoms with Crippen LogP contribution in [0.3, 0.4) is 0 Å². The van der Waals surface area contributed by atoms with Gasteiger partial charge in [0.05, 0.1) is 13.2 Å². The molecule has 0 aromatic heterocycles. The maximum atomic E-state index is 12.5.